The SMILES string of the molecule is CC(=O)N[C@@H](CCCN/C(N)=N\O)C(=O)NS(=O)(=O)c1ccc(-n2nc(C)cc2-c2ccc(C)cc2)cc1. The van der Waals surface area contributed by atoms with E-state index in [1.54, 1.807) is 16.8 Å². The molecular weight excluding hydrogens is 510 g/mol. The zero-order valence-electron chi connectivity index (χ0n) is 21.3. The molecule has 12 nitrogen and oxygen atoms in total. The number of nitrogens with zero attached hydrogens (tertiary/aromatic N) is 3. The van der Waals surface area contributed by atoms with Gasteiger partial charge in [-0.1, -0.05) is 35.0 Å². The van der Waals surface area contributed by atoms with Gasteiger partial charge in [0.1, 0.15) is 6.04 Å². The predicted octanol–water partition coefficient (Wildman–Crippen LogP) is 1.54. The van der Waals surface area contributed by atoms with Gasteiger partial charge in [0.15, 0.2) is 0 Å². The third-order valence-corrected chi connectivity index (χ3v) is 6.95. The molecule has 38 heavy (non-hydrogen) atoms. The molecule has 1 heterocycles. The molecule has 13 heteroatoms. The summed E-state index contributed by atoms with van der Waals surface area (Å²) < 4.78 is 29.6. The number of carbonyl (C=O) groups is 2. The normalized spacial score (nSPS) is 12.6. The minimum atomic E-state index is -4.22. The summed E-state index contributed by atoms with van der Waals surface area (Å²) in [5.74, 6) is -1.57. The monoisotopic (exact) mass is 541 g/mol. The van der Waals surface area contributed by atoms with Gasteiger partial charge in [0.25, 0.3) is 15.9 Å². The fourth-order valence-electron chi connectivity index (χ4n) is 3.73. The Morgan fingerprint density at radius 1 is 1.11 bits per heavy atom. The van der Waals surface area contributed by atoms with E-state index in [1.807, 2.05) is 48.9 Å². The Hall–Kier alpha value is -4.39. The first-order valence-corrected chi connectivity index (χ1v) is 13.3. The van der Waals surface area contributed by atoms with Crippen molar-refractivity contribution in [3.8, 4) is 16.9 Å². The topological polar surface area (TPSA) is 181 Å². The molecule has 0 unspecified atom stereocenters. The van der Waals surface area contributed by atoms with Crippen molar-refractivity contribution in [1.29, 1.82) is 0 Å². The van der Waals surface area contributed by atoms with Crippen molar-refractivity contribution in [1.82, 2.24) is 25.1 Å². The van der Waals surface area contributed by atoms with E-state index in [2.05, 4.69) is 20.9 Å². The van der Waals surface area contributed by atoms with E-state index in [1.165, 1.54) is 19.1 Å². The van der Waals surface area contributed by atoms with Crippen molar-refractivity contribution in [2.75, 3.05) is 6.54 Å². The smallest absolute Gasteiger partial charge is 0.264 e. The van der Waals surface area contributed by atoms with Crippen LogP contribution in [0, 0.1) is 13.8 Å². The highest BCUT2D eigenvalue weighted by molar-refractivity contribution is 7.90. The van der Waals surface area contributed by atoms with Crippen LogP contribution in [0.1, 0.15) is 31.0 Å². The number of benzene rings is 2. The second-order valence-electron chi connectivity index (χ2n) is 8.72. The minimum Gasteiger partial charge on any atom is -0.408 e. The molecule has 0 saturated carbocycles. The number of nitrogens with two attached hydrogens (primary N) is 1. The Bertz CT molecular complexity index is 1420. The number of carbonyl (C=O) groups excluding carboxylic acids is 2. The third-order valence-electron chi connectivity index (χ3n) is 5.58. The van der Waals surface area contributed by atoms with Crippen LogP contribution < -0.4 is 21.1 Å². The van der Waals surface area contributed by atoms with Crippen LogP contribution in [0.5, 0.6) is 0 Å². The van der Waals surface area contributed by atoms with Crippen LogP contribution in [0.3, 0.4) is 0 Å². The molecule has 3 aromatic rings. The number of amides is 2. The van der Waals surface area contributed by atoms with Crippen LogP contribution in [0.2, 0.25) is 0 Å². The lowest BCUT2D eigenvalue weighted by atomic mass is 10.1. The Morgan fingerprint density at radius 3 is 2.37 bits per heavy atom. The maximum absolute atomic E-state index is 12.9. The first-order valence-electron chi connectivity index (χ1n) is 11.8. The highest BCUT2D eigenvalue weighted by Crippen LogP contribution is 2.25. The van der Waals surface area contributed by atoms with Crippen LogP contribution in [0.15, 0.2) is 64.6 Å². The molecule has 6 N–H and O–H groups in total. The lowest BCUT2D eigenvalue weighted by Crippen LogP contribution is -2.48. The number of oxime groups is 1. The summed E-state index contributed by atoms with van der Waals surface area (Å²) in [6.45, 7) is 5.35. The van der Waals surface area contributed by atoms with E-state index in [0.29, 0.717) is 12.1 Å². The van der Waals surface area contributed by atoms with Crippen molar-refractivity contribution >= 4 is 27.8 Å². The standard InChI is InChI=1S/C25H31N7O5S/c1-16-6-8-19(9-7-16)23-15-17(2)29-32(23)20-10-12-21(13-11-20)38(36,37)31-24(34)22(28-18(3)33)5-4-14-27-25(26)30-35/h6-13,15,22,35H,4-5,14H2,1-3H3,(H,28,33)(H,31,34)(H3,26,27,30)/t22-/m0/s1. The molecule has 0 spiro atoms. The number of hydrogen-bond acceptors (Lipinski definition) is 7. The molecule has 0 aliphatic rings. The molecule has 0 aliphatic carbocycles. The predicted molar refractivity (Wildman–Crippen MR) is 142 cm³/mol. The average molecular weight is 542 g/mol. The number of hydrogen-bond donors (Lipinski definition) is 5. The van der Waals surface area contributed by atoms with E-state index in [4.69, 9.17) is 10.9 Å². The zero-order chi connectivity index (χ0) is 27.9. The van der Waals surface area contributed by atoms with Gasteiger partial charge in [-0.15, -0.1) is 0 Å². The maximum Gasteiger partial charge on any atom is 0.264 e. The van der Waals surface area contributed by atoms with Crippen LogP contribution in [-0.4, -0.2) is 53.8 Å². The van der Waals surface area contributed by atoms with Gasteiger partial charge in [-0.2, -0.15) is 5.10 Å². The molecule has 1 atom stereocenters. The van der Waals surface area contributed by atoms with E-state index in [0.717, 1.165) is 22.5 Å². The summed E-state index contributed by atoms with van der Waals surface area (Å²) in [5, 5.41) is 20.9. The summed E-state index contributed by atoms with van der Waals surface area (Å²) in [4.78, 5) is 24.2. The van der Waals surface area contributed by atoms with Gasteiger partial charge in [0, 0.05) is 19.0 Å². The Kier molecular flexibility index (Phi) is 9.07. The van der Waals surface area contributed by atoms with Crippen LogP contribution in [0.25, 0.3) is 16.9 Å². The van der Waals surface area contributed by atoms with E-state index in [-0.39, 0.29) is 23.8 Å². The summed E-state index contributed by atoms with van der Waals surface area (Å²) in [6, 6.07) is 14.8. The van der Waals surface area contributed by atoms with Crippen molar-refractivity contribution in [3.05, 3.63) is 65.9 Å². The van der Waals surface area contributed by atoms with Gasteiger partial charge in [0.05, 0.1) is 22.0 Å². The number of guanidine groups is 1. The highest BCUT2D eigenvalue weighted by Gasteiger charge is 2.25. The van der Waals surface area contributed by atoms with Gasteiger partial charge < -0.3 is 21.6 Å². The number of sulfonamides is 1. The first kappa shape index (κ1) is 28.2. The zero-order valence-corrected chi connectivity index (χ0v) is 22.1. The summed E-state index contributed by atoms with van der Waals surface area (Å²) in [7, 11) is -4.22. The Labute approximate surface area is 221 Å². The van der Waals surface area contributed by atoms with Gasteiger partial charge in [-0.25, -0.2) is 17.8 Å². The fourth-order valence-corrected chi connectivity index (χ4v) is 4.75. The van der Waals surface area contributed by atoms with Crippen LogP contribution >= 0.6 is 0 Å². The van der Waals surface area contributed by atoms with E-state index < -0.39 is 27.9 Å². The van der Waals surface area contributed by atoms with Gasteiger partial charge in [-0.3, -0.25) is 9.59 Å². The summed E-state index contributed by atoms with van der Waals surface area (Å²) in [6.07, 6.45) is 0.446. The quantitative estimate of drug-likeness (QED) is 0.0842. The molecule has 3 rings (SSSR count). The molecule has 0 bridgehead atoms. The minimum absolute atomic E-state index is 0.117. The molecule has 1 aromatic heterocycles. The van der Waals surface area contributed by atoms with E-state index >= 15 is 0 Å². The fraction of sp³-hybridized carbons (Fsp3) is 0.280. The molecule has 0 saturated heterocycles. The van der Waals surface area contributed by atoms with Crippen molar-refractivity contribution in [2.24, 2.45) is 10.9 Å². The lowest BCUT2D eigenvalue weighted by Gasteiger charge is -2.18. The molecule has 2 aromatic carbocycles. The molecule has 0 radical (unpaired) electrons. The number of aryl methyl sites for hydroxylation is 2. The average Bonchev–Trinajstić information content (AvgIpc) is 3.27. The van der Waals surface area contributed by atoms with Crippen molar-refractivity contribution in [3.63, 3.8) is 0 Å². The second-order valence-corrected chi connectivity index (χ2v) is 10.4. The number of rotatable bonds is 10. The molecular formula is C25H31N7O5S. The molecule has 0 fully saturated rings. The first-order chi connectivity index (χ1) is 18.0. The highest BCUT2D eigenvalue weighted by atomic mass is 32.2. The van der Waals surface area contributed by atoms with Gasteiger partial charge in [-0.05, 0) is 57.0 Å². The Balaban J connectivity index is 1.75. The lowest BCUT2D eigenvalue weighted by molar-refractivity contribution is -0.127. The van der Waals surface area contributed by atoms with Gasteiger partial charge >= 0.3 is 0 Å². The van der Waals surface area contributed by atoms with Gasteiger partial charge in [0.2, 0.25) is 11.9 Å². The van der Waals surface area contributed by atoms with Crippen LogP contribution in [-0.2, 0) is 19.6 Å². The van der Waals surface area contributed by atoms with Crippen LogP contribution in [0.4, 0.5) is 0 Å². The molecule has 0 aliphatic heterocycles. The Morgan fingerprint density at radius 2 is 1.76 bits per heavy atom. The molecule has 2 amide bonds. The van der Waals surface area contributed by atoms with E-state index in [9.17, 15) is 18.0 Å². The maximum atomic E-state index is 12.9. The summed E-state index contributed by atoms with van der Waals surface area (Å²) >= 11 is 0. The summed E-state index contributed by atoms with van der Waals surface area (Å²) in [5.41, 5.74) is 9.72. The van der Waals surface area contributed by atoms with Crippen molar-refractivity contribution < 1.29 is 23.2 Å². The molecule has 202 valence electrons. The third kappa shape index (κ3) is 7.32. The largest absolute Gasteiger partial charge is 0.408 e. The van der Waals surface area contributed by atoms with Crippen molar-refractivity contribution in [2.45, 2.75) is 44.6 Å². The number of aromatic nitrogens is 2. The second kappa shape index (κ2) is 12.2. The number of nitrogens with one attached hydrogen (secondary N) is 3.